The summed E-state index contributed by atoms with van der Waals surface area (Å²) < 4.78 is 1.81. The Kier molecular flexibility index (Phi) is 3.04. The molecule has 0 N–H and O–H groups in total. The van der Waals surface area contributed by atoms with Crippen LogP contribution >= 0.6 is 11.6 Å². The van der Waals surface area contributed by atoms with E-state index < -0.39 is 0 Å². The fourth-order valence-electron chi connectivity index (χ4n) is 2.36. The van der Waals surface area contributed by atoms with E-state index in [9.17, 15) is 5.26 Å². The summed E-state index contributed by atoms with van der Waals surface area (Å²) in [7, 11) is 0. The third-order valence-corrected chi connectivity index (χ3v) is 4.06. The topological polar surface area (TPSA) is 41.6 Å². The van der Waals surface area contributed by atoms with Gasteiger partial charge >= 0.3 is 0 Å². The summed E-state index contributed by atoms with van der Waals surface area (Å²) in [5.41, 5.74) is 2.09. The SMILES string of the molecule is CC(C1CC1)n1nc(-c2ccccc2)c(C#N)c1Cl. The van der Waals surface area contributed by atoms with Crippen molar-refractivity contribution in [1.29, 1.82) is 5.26 Å². The number of benzene rings is 1. The molecule has 3 nitrogen and oxygen atoms in total. The van der Waals surface area contributed by atoms with Gasteiger partial charge in [0.2, 0.25) is 0 Å². The maximum atomic E-state index is 9.32. The monoisotopic (exact) mass is 271 g/mol. The van der Waals surface area contributed by atoms with Crippen molar-refractivity contribution in [3.05, 3.63) is 41.0 Å². The highest BCUT2D eigenvalue weighted by atomic mass is 35.5. The molecule has 1 heterocycles. The second kappa shape index (κ2) is 4.71. The van der Waals surface area contributed by atoms with Gasteiger partial charge in [0.05, 0.1) is 6.04 Å². The van der Waals surface area contributed by atoms with Crippen LogP contribution < -0.4 is 0 Å². The zero-order chi connectivity index (χ0) is 13.4. The Labute approximate surface area is 117 Å². The molecule has 1 aromatic heterocycles. The Morgan fingerprint density at radius 1 is 1.37 bits per heavy atom. The van der Waals surface area contributed by atoms with Crippen LogP contribution in [0.3, 0.4) is 0 Å². The predicted octanol–water partition coefficient (Wildman–Crippen LogP) is 4.05. The van der Waals surface area contributed by atoms with Gasteiger partial charge in [0, 0.05) is 5.56 Å². The van der Waals surface area contributed by atoms with Crippen LogP contribution in [0.2, 0.25) is 5.15 Å². The lowest BCUT2D eigenvalue weighted by molar-refractivity contribution is 0.441. The first kappa shape index (κ1) is 12.3. The summed E-state index contributed by atoms with van der Waals surface area (Å²) in [5.74, 6) is 0.646. The lowest BCUT2D eigenvalue weighted by Crippen LogP contribution is -2.09. The van der Waals surface area contributed by atoms with Gasteiger partial charge in [-0.2, -0.15) is 10.4 Å². The number of rotatable bonds is 3. The maximum absolute atomic E-state index is 9.32. The molecule has 0 saturated heterocycles. The molecule has 3 rings (SSSR count). The molecule has 1 aliphatic carbocycles. The van der Waals surface area contributed by atoms with Gasteiger partial charge in [-0.25, -0.2) is 4.68 Å². The van der Waals surface area contributed by atoms with Gasteiger partial charge in [0.1, 0.15) is 22.5 Å². The summed E-state index contributed by atoms with van der Waals surface area (Å²) in [6.45, 7) is 2.12. The van der Waals surface area contributed by atoms with Crippen molar-refractivity contribution in [3.63, 3.8) is 0 Å². The highest BCUT2D eigenvalue weighted by Gasteiger charge is 2.32. The smallest absolute Gasteiger partial charge is 0.145 e. The summed E-state index contributed by atoms with van der Waals surface area (Å²) in [6, 6.07) is 12.2. The number of aromatic nitrogens is 2. The van der Waals surface area contributed by atoms with Crippen LogP contribution in [0.4, 0.5) is 0 Å². The first-order chi connectivity index (χ1) is 9.22. The van der Waals surface area contributed by atoms with Gasteiger partial charge in [-0.15, -0.1) is 0 Å². The van der Waals surface area contributed by atoms with Crippen molar-refractivity contribution in [2.24, 2.45) is 5.92 Å². The third-order valence-electron chi connectivity index (χ3n) is 3.70. The third kappa shape index (κ3) is 2.13. The summed E-state index contributed by atoms with van der Waals surface area (Å²) in [5, 5.41) is 14.4. The molecule has 1 aromatic carbocycles. The molecule has 2 aromatic rings. The van der Waals surface area contributed by atoms with E-state index in [1.54, 1.807) is 4.68 Å². The Morgan fingerprint density at radius 3 is 2.63 bits per heavy atom. The summed E-state index contributed by atoms with van der Waals surface area (Å²) in [4.78, 5) is 0. The van der Waals surface area contributed by atoms with Gasteiger partial charge in [0.25, 0.3) is 0 Å². The minimum absolute atomic E-state index is 0.261. The largest absolute Gasteiger partial charge is 0.249 e. The Hall–Kier alpha value is -1.79. The van der Waals surface area contributed by atoms with Crippen LogP contribution in [0.25, 0.3) is 11.3 Å². The Balaban J connectivity index is 2.10. The lowest BCUT2D eigenvalue weighted by atomic mass is 10.1. The van der Waals surface area contributed by atoms with Gasteiger partial charge in [-0.1, -0.05) is 41.9 Å². The van der Waals surface area contributed by atoms with E-state index in [-0.39, 0.29) is 6.04 Å². The maximum Gasteiger partial charge on any atom is 0.145 e. The molecule has 1 saturated carbocycles. The van der Waals surface area contributed by atoms with E-state index >= 15 is 0 Å². The highest BCUT2D eigenvalue weighted by molar-refractivity contribution is 6.31. The molecule has 4 heteroatoms. The fourth-order valence-corrected chi connectivity index (χ4v) is 2.68. The van der Waals surface area contributed by atoms with Gasteiger partial charge in [-0.05, 0) is 25.7 Å². The van der Waals surface area contributed by atoms with Crippen molar-refractivity contribution in [2.45, 2.75) is 25.8 Å². The molecule has 1 unspecified atom stereocenters. The van der Waals surface area contributed by atoms with Crippen molar-refractivity contribution >= 4 is 11.6 Å². The number of hydrogen-bond donors (Lipinski definition) is 0. The van der Waals surface area contributed by atoms with Gasteiger partial charge < -0.3 is 0 Å². The molecule has 0 amide bonds. The van der Waals surface area contributed by atoms with Crippen LogP contribution in [0.15, 0.2) is 30.3 Å². The molecule has 0 aliphatic heterocycles. The van der Waals surface area contributed by atoms with Crippen molar-refractivity contribution in [3.8, 4) is 17.3 Å². The second-order valence-electron chi connectivity index (χ2n) is 5.01. The summed E-state index contributed by atoms with van der Waals surface area (Å²) in [6.07, 6.45) is 2.44. The van der Waals surface area contributed by atoms with E-state index in [1.165, 1.54) is 12.8 Å². The van der Waals surface area contributed by atoms with E-state index in [0.29, 0.717) is 22.3 Å². The molecule has 1 aliphatic rings. The molecular weight excluding hydrogens is 258 g/mol. The van der Waals surface area contributed by atoms with Crippen molar-refractivity contribution in [2.75, 3.05) is 0 Å². The Bertz CT molecular complexity index is 635. The minimum Gasteiger partial charge on any atom is -0.249 e. The second-order valence-corrected chi connectivity index (χ2v) is 5.37. The molecule has 96 valence electrons. The molecule has 1 fully saturated rings. The van der Waals surface area contributed by atoms with E-state index in [4.69, 9.17) is 11.6 Å². The zero-order valence-electron chi connectivity index (χ0n) is 10.7. The first-order valence-electron chi connectivity index (χ1n) is 6.46. The highest BCUT2D eigenvalue weighted by Crippen LogP contribution is 2.41. The fraction of sp³-hybridized carbons (Fsp3) is 0.333. The van der Waals surface area contributed by atoms with Crippen LogP contribution in [-0.4, -0.2) is 9.78 Å². The molecule has 1 atom stereocenters. The van der Waals surface area contributed by atoms with Crippen LogP contribution in [0, 0.1) is 17.2 Å². The Morgan fingerprint density at radius 2 is 2.05 bits per heavy atom. The van der Waals surface area contributed by atoms with Crippen molar-refractivity contribution < 1.29 is 0 Å². The van der Waals surface area contributed by atoms with Gasteiger partial charge in [0.15, 0.2) is 0 Å². The van der Waals surface area contributed by atoms with E-state index in [0.717, 1.165) is 5.56 Å². The van der Waals surface area contributed by atoms with E-state index in [2.05, 4.69) is 18.1 Å². The molecule has 0 spiro atoms. The normalized spacial score (nSPS) is 16.1. The average Bonchev–Trinajstić information content (AvgIpc) is 3.23. The number of hydrogen-bond acceptors (Lipinski definition) is 2. The minimum atomic E-state index is 0.261. The van der Waals surface area contributed by atoms with Crippen LogP contribution in [0.5, 0.6) is 0 Å². The number of halogens is 1. The lowest BCUT2D eigenvalue weighted by Gasteiger charge is -2.11. The molecule has 19 heavy (non-hydrogen) atoms. The van der Waals surface area contributed by atoms with Crippen LogP contribution in [0.1, 0.15) is 31.4 Å². The predicted molar refractivity (Wildman–Crippen MR) is 74.8 cm³/mol. The standard InChI is InChI=1S/C15H14ClN3/c1-10(11-7-8-11)19-15(16)13(9-17)14(18-19)12-5-3-2-4-6-12/h2-6,10-11H,7-8H2,1H3. The molecule has 0 radical (unpaired) electrons. The zero-order valence-corrected chi connectivity index (χ0v) is 11.4. The van der Waals surface area contributed by atoms with Gasteiger partial charge in [-0.3, -0.25) is 0 Å². The molecular formula is C15H14ClN3. The first-order valence-corrected chi connectivity index (χ1v) is 6.83. The number of nitriles is 1. The van der Waals surface area contributed by atoms with E-state index in [1.807, 2.05) is 30.3 Å². The van der Waals surface area contributed by atoms with Crippen LogP contribution in [-0.2, 0) is 0 Å². The average molecular weight is 272 g/mol. The van der Waals surface area contributed by atoms with Crippen molar-refractivity contribution in [1.82, 2.24) is 9.78 Å². The number of nitrogens with zero attached hydrogens (tertiary/aromatic N) is 3. The summed E-state index contributed by atoms with van der Waals surface area (Å²) >= 11 is 6.32. The molecule has 0 bridgehead atoms. The quantitative estimate of drug-likeness (QED) is 0.845.